The molecule has 1 aromatic carbocycles. The SMILES string of the molecule is N=C(N)c1ccc(Cl)cc1N1CCSCC1. The molecule has 0 atom stereocenters. The summed E-state index contributed by atoms with van der Waals surface area (Å²) >= 11 is 7.95. The molecule has 1 aromatic rings. The topological polar surface area (TPSA) is 53.1 Å². The van der Waals surface area contributed by atoms with Gasteiger partial charge in [0.2, 0.25) is 0 Å². The molecule has 2 rings (SSSR count). The van der Waals surface area contributed by atoms with Crippen molar-refractivity contribution in [2.24, 2.45) is 5.73 Å². The van der Waals surface area contributed by atoms with Gasteiger partial charge in [-0.3, -0.25) is 5.41 Å². The number of nitrogen functional groups attached to an aromatic ring is 1. The third-order valence-electron chi connectivity index (χ3n) is 2.60. The van der Waals surface area contributed by atoms with Crippen LogP contribution in [0.25, 0.3) is 0 Å². The van der Waals surface area contributed by atoms with E-state index < -0.39 is 0 Å². The van der Waals surface area contributed by atoms with E-state index in [0.717, 1.165) is 35.8 Å². The monoisotopic (exact) mass is 255 g/mol. The van der Waals surface area contributed by atoms with Gasteiger partial charge in [0.15, 0.2) is 0 Å². The van der Waals surface area contributed by atoms with Crippen molar-refractivity contribution in [3.05, 3.63) is 28.8 Å². The van der Waals surface area contributed by atoms with Crippen molar-refractivity contribution in [2.75, 3.05) is 29.5 Å². The lowest BCUT2D eigenvalue weighted by Crippen LogP contribution is -2.34. The normalized spacial score (nSPS) is 16.2. The van der Waals surface area contributed by atoms with E-state index in [1.165, 1.54) is 0 Å². The van der Waals surface area contributed by atoms with Gasteiger partial charge in [-0.15, -0.1) is 0 Å². The van der Waals surface area contributed by atoms with Crippen molar-refractivity contribution in [1.82, 2.24) is 0 Å². The number of halogens is 1. The maximum Gasteiger partial charge on any atom is 0.124 e. The second kappa shape index (κ2) is 4.97. The van der Waals surface area contributed by atoms with Gasteiger partial charge in [0.05, 0.1) is 0 Å². The Balaban J connectivity index is 2.36. The van der Waals surface area contributed by atoms with Gasteiger partial charge in [0, 0.05) is 40.9 Å². The number of nitrogens with two attached hydrogens (primary N) is 1. The van der Waals surface area contributed by atoms with E-state index in [4.69, 9.17) is 22.7 Å². The van der Waals surface area contributed by atoms with E-state index in [1.54, 1.807) is 6.07 Å². The molecule has 5 heteroatoms. The number of amidine groups is 1. The molecule has 0 amide bonds. The van der Waals surface area contributed by atoms with Crippen LogP contribution in [0.3, 0.4) is 0 Å². The first kappa shape index (κ1) is 11.6. The minimum absolute atomic E-state index is 0.102. The molecule has 0 spiro atoms. The summed E-state index contributed by atoms with van der Waals surface area (Å²) in [6.07, 6.45) is 0. The van der Waals surface area contributed by atoms with E-state index in [-0.39, 0.29) is 5.84 Å². The van der Waals surface area contributed by atoms with Gasteiger partial charge < -0.3 is 10.6 Å². The van der Waals surface area contributed by atoms with Gasteiger partial charge in [-0.05, 0) is 18.2 Å². The van der Waals surface area contributed by atoms with Crippen molar-refractivity contribution in [3.63, 3.8) is 0 Å². The van der Waals surface area contributed by atoms with E-state index in [9.17, 15) is 0 Å². The molecule has 0 bridgehead atoms. The number of rotatable bonds is 2. The van der Waals surface area contributed by atoms with Crippen molar-refractivity contribution in [2.45, 2.75) is 0 Å². The Morgan fingerprint density at radius 2 is 2.06 bits per heavy atom. The van der Waals surface area contributed by atoms with E-state index >= 15 is 0 Å². The molecule has 0 aliphatic carbocycles. The minimum atomic E-state index is 0.102. The predicted octanol–water partition coefficient (Wildman–Crippen LogP) is 2.18. The zero-order valence-electron chi connectivity index (χ0n) is 8.87. The van der Waals surface area contributed by atoms with Crippen molar-refractivity contribution >= 4 is 34.9 Å². The number of nitrogens with one attached hydrogen (secondary N) is 1. The fourth-order valence-corrected chi connectivity index (χ4v) is 2.87. The highest BCUT2D eigenvalue weighted by atomic mass is 35.5. The molecule has 1 aliphatic rings. The highest BCUT2D eigenvalue weighted by Gasteiger charge is 2.16. The molecule has 0 saturated carbocycles. The summed E-state index contributed by atoms with van der Waals surface area (Å²) in [6.45, 7) is 1.98. The standard InChI is InChI=1S/C11H14ClN3S/c12-8-1-2-9(11(13)14)10(7-8)15-3-5-16-6-4-15/h1-2,7H,3-6H2,(H3,13,14). The molecule has 0 unspecified atom stereocenters. The van der Waals surface area contributed by atoms with Crippen molar-refractivity contribution in [3.8, 4) is 0 Å². The third-order valence-corrected chi connectivity index (χ3v) is 3.78. The quantitative estimate of drug-likeness (QED) is 0.629. The molecule has 1 aliphatic heterocycles. The predicted molar refractivity (Wildman–Crippen MR) is 72.0 cm³/mol. The summed E-state index contributed by atoms with van der Waals surface area (Å²) in [7, 11) is 0. The largest absolute Gasteiger partial charge is 0.384 e. The Hall–Kier alpha value is -0.870. The summed E-state index contributed by atoms with van der Waals surface area (Å²) in [5.74, 6) is 2.33. The lowest BCUT2D eigenvalue weighted by atomic mass is 10.1. The molecule has 0 radical (unpaired) electrons. The maximum atomic E-state index is 7.57. The number of benzene rings is 1. The Morgan fingerprint density at radius 3 is 2.69 bits per heavy atom. The van der Waals surface area contributed by atoms with Crippen LogP contribution in [0.5, 0.6) is 0 Å². The van der Waals surface area contributed by atoms with Crippen LogP contribution >= 0.6 is 23.4 Å². The van der Waals surface area contributed by atoms with Crippen LogP contribution in [0.15, 0.2) is 18.2 Å². The average molecular weight is 256 g/mol. The van der Waals surface area contributed by atoms with Crippen molar-refractivity contribution < 1.29 is 0 Å². The Morgan fingerprint density at radius 1 is 1.38 bits per heavy atom. The summed E-state index contributed by atoms with van der Waals surface area (Å²) in [4.78, 5) is 2.25. The van der Waals surface area contributed by atoms with Gasteiger partial charge >= 0.3 is 0 Å². The Bertz CT molecular complexity index is 402. The maximum absolute atomic E-state index is 7.57. The Labute approximate surface area is 104 Å². The minimum Gasteiger partial charge on any atom is -0.384 e. The van der Waals surface area contributed by atoms with Crippen LogP contribution < -0.4 is 10.6 Å². The number of nitrogens with zero attached hydrogens (tertiary/aromatic N) is 1. The smallest absolute Gasteiger partial charge is 0.124 e. The number of hydrogen-bond donors (Lipinski definition) is 2. The van der Waals surface area contributed by atoms with Crippen LogP contribution in [-0.2, 0) is 0 Å². The van der Waals surface area contributed by atoms with E-state index in [0.29, 0.717) is 5.02 Å². The molecular formula is C11H14ClN3S. The molecule has 0 aromatic heterocycles. The van der Waals surface area contributed by atoms with Gasteiger partial charge in [-0.1, -0.05) is 11.6 Å². The van der Waals surface area contributed by atoms with Crippen LogP contribution in [0.1, 0.15) is 5.56 Å². The number of hydrogen-bond acceptors (Lipinski definition) is 3. The van der Waals surface area contributed by atoms with Gasteiger partial charge in [-0.25, -0.2) is 0 Å². The van der Waals surface area contributed by atoms with Gasteiger partial charge in [0.25, 0.3) is 0 Å². The molecule has 86 valence electrons. The molecular weight excluding hydrogens is 242 g/mol. The second-order valence-electron chi connectivity index (χ2n) is 3.67. The summed E-state index contributed by atoms with van der Waals surface area (Å²) < 4.78 is 0. The van der Waals surface area contributed by atoms with Gasteiger partial charge in [0.1, 0.15) is 5.84 Å². The molecule has 3 N–H and O–H groups in total. The van der Waals surface area contributed by atoms with Crippen LogP contribution in [0.4, 0.5) is 5.69 Å². The second-order valence-corrected chi connectivity index (χ2v) is 5.34. The van der Waals surface area contributed by atoms with Crippen LogP contribution in [-0.4, -0.2) is 30.4 Å². The molecule has 1 fully saturated rings. The number of anilines is 1. The first-order chi connectivity index (χ1) is 7.68. The van der Waals surface area contributed by atoms with Gasteiger partial charge in [-0.2, -0.15) is 11.8 Å². The van der Waals surface area contributed by atoms with E-state index in [2.05, 4.69) is 4.90 Å². The zero-order chi connectivity index (χ0) is 11.5. The van der Waals surface area contributed by atoms with Crippen LogP contribution in [0.2, 0.25) is 5.02 Å². The molecule has 16 heavy (non-hydrogen) atoms. The molecule has 3 nitrogen and oxygen atoms in total. The highest BCUT2D eigenvalue weighted by molar-refractivity contribution is 7.99. The molecule has 1 saturated heterocycles. The lowest BCUT2D eigenvalue weighted by Gasteiger charge is -2.30. The number of thioether (sulfide) groups is 1. The Kier molecular flexibility index (Phi) is 3.61. The lowest BCUT2D eigenvalue weighted by molar-refractivity contribution is 0.857. The fraction of sp³-hybridized carbons (Fsp3) is 0.364. The zero-order valence-corrected chi connectivity index (χ0v) is 10.4. The summed E-state index contributed by atoms with van der Waals surface area (Å²) in [5, 5.41) is 8.26. The first-order valence-electron chi connectivity index (χ1n) is 5.15. The van der Waals surface area contributed by atoms with E-state index in [1.807, 2.05) is 23.9 Å². The third kappa shape index (κ3) is 2.44. The average Bonchev–Trinajstić information content (AvgIpc) is 2.29. The fourth-order valence-electron chi connectivity index (χ4n) is 1.80. The highest BCUT2D eigenvalue weighted by Crippen LogP contribution is 2.26. The molecule has 1 heterocycles. The van der Waals surface area contributed by atoms with Crippen LogP contribution in [0, 0.1) is 5.41 Å². The first-order valence-corrected chi connectivity index (χ1v) is 6.68. The van der Waals surface area contributed by atoms with Crippen molar-refractivity contribution in [1.29, 1.82) is 5.41 Å². The summed E-state index contributed by atoms with van der Waals surface area (Å²) in [6, 6.07) is 5.50. The summed E-state index contributed by atoms with van der Waals surface area (Å²) in [5.41, 5.74) is 7.34.